The fraction of sp³-hybridized carbons (Fsp3) is 0.350. The first kappa shape index (κ1) is 21.2. The molecule has 3 aromatic rings. The molecule has 30 heavy (non-hydrogen) atoms. The van der Waals surface area contributed by atoms with Crippen LogP contribution >= 0.6 is 0 Å². The number of aryl methyl sites for hydroxylation is 1. The molecule has 0 saturated carbocycles. The van der Waals surface area contributed by atoms with Gasteiger partial charge in [0.25, 0.3) is 0 Å². The lowest BCUT2D eigenvalue weighted by Crippen LogP contribution is -2.27. The van der Waals surface area contributed by atoms with E-state index < -0.39 is 17.5 Å². The summed E-state index contributed by atoms with van der Waals surface area (Å²) in [6, 6.07) is 4.28. The summed E-state index contributed by atoms with van der Waals surface area (Å²) in [4.78, 5) is 26.5. The smallest absolute Gasteiger partial charge is 0.412 e. The van der Waals surface area contributed by atoms with Gasteiger partial charge in [-0.15, -0.1) is 0 Å². The predicted molar refractivity (Wildman–Crippen MR) is 113 cm³/mol. The molecule has 0 atom stereocenters. The minimum atomic E-state index is -0.663. The molecule has 0 saturated heterocycles. The molecule has 3 rings (SSSR count). The highest BCUT2D eigenvalue weighted by Crippen LogP contribution is 2.29. The highest BCUT2D eigenvalue weighted by molar-refractivity contribution is 5.89. The lowest BCUT2D eigenvalue weighted by atomic mass is 10.2. The number of hydrogen-bond acceptors (Lipinski definition) is 6. The van der Waals surface area contributed by atoms with Crippen molar-refractivity contribution in [3.05, 3.63) is 36.0 Å². The second-order valence-corrected chi connectivity index (χ2v) is 7.89. The summed E-state index contributed by atoms with van der Waals surface area (Å²) in [5.74, 6) is -0.219. The van der Waals surface area contributed by atoms with Gasteiger partial charge in [-0.25, -0.2) is 28.8 Å². The predicted octanol–water partition coefficient (Wildman–Crippen LogP) is 3.83. The van der Waals surface area contributed by atoms with Gasteiger partial charge in [0.05, 0.1) is 12.0 Å². The van der Waals surface area contributed by atoms with Crippen molar-refractivity contribution in [2.75, 3.05) is 19.4 Å². The van der Waals surface area contributed by atoms with Gasteiger partial charge in [-0.3, -0.25) is 5.32 Å². The van der Waals surface area contributed by atoms with Crippen molar-refractivity contribution in [3.8, 4) is 5.69 Å². The van der Waals surface area contributed by atoms with Crippen molar-refractivity contribution in [2.24, 2.45) is 4.99 Å². The number of nitrogens with one attached hydrogen (secondary N) is 1. The van der Waals surface area contributed by atoms with Crippen molar-refractivity contribution in [1.82, 2.24) is 24.6 Å². The van der Waals surface area contributed by atoms with Gasteiger partial charge >= 0.3 is 6.09 Å². The third-order valence-corrected chi connectivity index (χ3v) is 3.84. The highest BCUT2D eigenvalue weighted by atomic mass is 19.1. The lowest BCUT2D eigenvalue weighted by Gasteiger charge is -2.19. The number of carbonyl (C=O) groups excluding carboxylic acids is 1. The molecule has 0 bridgehead atoms. The van der Waals surface area contributed by atoms with Gasteiger partial charge in [0.2, 0.25) is 0 Å². The summed E-state index contributed by atoms with van der Waals surface area (Å²) in [6.45, 7) is 7.03. The fourth-order valence-corrected chi connectivity index (χ4v) is 2.69. The summed E-state index contributed by atoms with van der Waals surface area (Å²) < 4.78 is 21.6. The zero-order valence-electron chi connectivity index (χ0n) is 17.8. The molecule has 0 aliphatic heterocycles. The van der Waals surface area contributed by atoms with Gasteiger partial charge in [-0.05, 0) is 45.9 Å². The molecule has 0 aliphatic carbocycles. The number of carbonyl (C=O) groups is 1. The van der Waals surface area contributed by atoms with E-state index in [-0.39, 0.29) is 11.4 Å². The van der Waals surface area contributed by atoms with Crippen LogP contribution in [0.4, 0.5) is 20.7 Å². The monoisotopic (exact) mass is 413 g/mol. The Labute approximate surface area is 173 Å². The molecule has 10 heteroatoms. The third kappa shape index (κ3) is 4.70. The number of halogens is 1. The molecule has 9 nitrogen and oxygen atoms in total. The fourth-order valence-electron chi connectivity index (χ4n) is 2.69. The first-order chi connectivity index (χ1) is 14.0. The summed E-state index contributed by atoms with van der Waals surface area (Å²) in [7, 11) is 3.67. The molecule has 158 valence electrons. The summed E-state index contributed by atoms with van der Waals surface area (Å²) in [5, 5.41) is 6.94. The lowest BCUT2D eigenvalue weighted by molar-refractivity contribution is 0.0636. The Morgan fingerprint density at radius 2 is 2.03 bits per heavy atom. The molecule has 0 spiro atoms. The minimum absolute atomic E-state index is 0.180. The first-order valence-corrected chi connectivity index (χ1v) is 9.26. The highest BCUT2D eigenvalue weighted by Gasteiger charge is 2.19. The molecule has 2 heterocycles. The van der Waals surface area contributed by atoms with E-state index in [1.807, 2.05) is 14.1 Å². The third-order valence-electron chi connectivity index (χ3n) is 3.84. The van der Waals surface area contributed by atoms with Crippen LogP contribution in [0.1, 0.15) is 26.5 Å². The van der Waals surface area contributed by atoms with E-state index in [1.54, 1.807) is 45.0 Å². The van der Waals surface area contributed by atoms with Gasteiger partial charge in [0, 0.05) is 19.8 Å². The Balaban J connectivity index is 2.01. The van der Waals surface area contributed by atoms with E-state index in [4.69, 9.17) is 4.74 Å². The van der Waals surface area contributed by atoms with E-state index >= 15 is 0 Å². The van der Waals surface area contributed by atoms with E-state index in [0.717, 1.165) is 0 Å². The molecule has 0 fully saturated rings. The van der Waals surface area contributed by atoms with E-state index in [0.29, 0.717) is 22.5 Å². The minimum Gasteiger partial charge on any atom is -0.444 e. The number of ether oxygens (including phenoxy) is 1. The molecular weight excluding hydrogens is 389 g/mol. The SMILES string of the molecule is Cc1nn(-c2ccc(NC(=O)OC(C)(C)C)cc2F)c2c(/N=C/N(C)C)ncnc12. The van der Waals surface area contributed by atoms with Gasteiger partial charge in [0.1, 0.15) is 28.6 Å². The van der Waals surface area contributed by atoms with E-state index in [9.17, 15) is 9.18 Å². The first-order valence-electron chi connectivity index (χ1n) is 9.26. The van der Waals surface area contributed by atoms with Gasteiger partial charge in [-0.1, -0.05) is 0 Å². The molecule has 1 aromatic carbocycles. The van der Waals surface area contributed by atoms with Crippen LogP contribution in [0.5, 0.6) is 0 Å². The molecular formula is C20H24FN7O2. The van der Waals surface area contributed by atoms with Crippen LogP contribution in [0.25, 0.3) is 16.7 Å². The summed E-state index contributed by atoms with van der Waals surface area (Å²) in [5.41, 5.74) is 1.47. The van der Waals surface area contributed by atoms with Crippen LogP contribution in [0.3, 0.4) is 0 Å². The van der Waals surface area contributed by atoms with Gasteiger partial charge < -0.3 is 9.64 Å². The van der Waals surface area contributed by atoms with Crippen LogP contribution in [0, 0.1) is 12.7 Å². The topological polar surface area (TPSA) is 97.5 Å². The maximum atomic E-state index is 15.0. The van der Waals surface area contributed by atoms with Gasteiger partial charge in [0.15, 0.2) is 11.6 Å². The van der Waals surface area contributed by atoms with E-state index in [2.05, 4.69) is 25.4 Å². The number of nitrogens with zero attached hydrogens (tertiary/aromatic N) is 6. The van der Waals surface area contributed by atoms with Crippen LogP contribution in [0.15, 0.2) is 29.5 Å². The van der Waals surface area contributed by atoms with Crippen molar-refractivity contribution in [3.63, 3.8) is 0 Å². The molecule has 2 aromatic heterocycles. The molecule has 0 aliphatic rings. The number of amides is 1. The quantitative estimate of drug-likeness (QED) is 0.516. The van der Waals surface area contributed by atoms with Crippen molar-refractivity contribution in [2.45, 2.75) is 33.3 Å². The van der Waals surface area contributed by atoms with Crippen LogP contribution in [-0.2, 0) is 4.74 Å². The summed E-state index contributed by atoms with van der Waals surface area (Å²) >= 11 is 0. The number of rotatable bonds is 4. The molecule has 0 unspecified atom stereocenters. The Hall–Kier alpha value is -3.56. The Bertz CT molecular complexity index is 1120. The number of hydrogen-bond donors (Lipinski definition) is 1. The Kier molecular flexibility index (Phi) is 5.68. The Morgan fingerprint density at radius 3 is 2.67 bits per heavy atom. The number of aromatic nitrogens is 4. The second-order valence-electron chi connectivity index (χ2n) is 7.89. The maximum absolute atomic E-state index is 15.0. The Morgan fingerprint density at radius 1 is 1.30 bits per heavy atom. The average molecular weight is 413 g/mol. The average Bonchev–Trinajstić information content (AvgIpc) is 2.96. The van der Waals surface area contributed by atoms with Crippen LogP contribution in [0.2, 0.25) is 0 Å². The molecule has 1 amide bonds. The zero-order chi connectivity index (χ0) is 22.1. The number of benzene rings is 1. The molecule has 0 radical (unpaired) electrons. The van der Waals surface area contributed by atoms with Crippen LogP contribution in [-0.4, -0.2) is 56.8 Å². The number of aliphatic imine (C=N–C) groups is 1. The largest absolute Gasteiger partial charge is 0.444 e. The normalized spacial score (nSPS) is 11.8. The zero-order valence-corrected chi connectivity index (χ0v) is 17.8. The number of anilines is 1. The van der Waals surface area contributed by atoms with E-state index in [1.165, 1.54) is 23.1 Å². The van der Waals surface area contributed by atoms with Crippen molar-refractivity contribution >= 4 is 35.0 Å². The van der Waals surface area contributed by atoms with Gasteiger partial charge in [-0.2, -0.15) is 5.10 Å². The van der Waals surface area contributed by atoms with Crippen molar-refractivity contribution < 1.29 is 13.9 Å². The summed E-state index contributed by atoms with van der Waals surface area (Å²) in [6.07, 6.45) is 2.33. The standard InChI is InChI=1S/C20H24FN7O2/c1-12-16-17(18(23-10-22-16)24-11-27(5)6)28(26-12)15-8-7-13(9-14(15)21)25-19(29)30-20(2,3)4/h7-11H,1-6H3,(H,25,29)/b24-11+. The second kappa shape index (κ2) is 8.05. The van der Waals surface area contributed by atoms with Crippen LogP contribution < -0.4 is 5.32 Å². The number of fused-ring (bicyclic) bond motifs is 1. The maximum Gasteiger partial charge on any atom is 0.412 e. The molecule has 1 N–H and O–H groups in total. The van der Waals surface area contributed by atoms with Crippen molar-refractivity contribution in [1.29, 1.82) is 0 Å².